The summed E-state index contributed by atoms with van der Waals surface area (Å²) in [6.07, 6.45) is 1.73. The number of pyridine rings is 1. The SMILES string of the molecule is O=c1[nH]cc(-c2ccc(Cl)cc2)cc1CNc1ccccc1N1CCOCC1. The molecule has 5 nitrogen and oxygen atoms in total. The fourth-order valence-corrected chi connectivity index (χ4v) is 3.49. The largest absolute Gasteiger partial charge is 0.379 e. The van der Waals surface area contributed by atoms with E-state index in [9.17, 15) is 4.79 Å². The van der Waals surface area contributed by atoms with E-state index < -0.39 is 0 Å². The van der Waals surface area contributed by atoms with Gasteiger partial charge in [0.2, 0.25) is 0 Å². The van der Waals surface area contributed by atoms with Crippen molar-refractivity contribution in [3.8, 4) is 11.1 Å². The highest BCUT2D eigenvalue weighted by molar-refractivity contribution is 6.30. The number of ether oxygens (including phenoxy) is 1. The van der Waals surface area contributed by atoms with Gasteiger partial charge < -0.3 is 19.9 Å². The van der Waals surface area contributed by atoms with Crippen molar-refractivity contribution in [2.75, 3.05) is 36.5 Å². The summed E-state index contributed by atoms with van der Waals surface area (Å²) in [4.78, 5) is 17.5. The van der Waals surface area contributed by atoms with Crippen LogP contribution < -0.4 is 15.8 Å². The Morgan fingerprint density at radius 1 is 1.04 bits per heavy atom. The first-order chi connectivity index (χ1) is 13.7. The first-order valence-electron chi connectivity index (χ1n) is 9.34. The zero-order chi connectivity index (χ0) is 19.3. The van der Waals surface area contributed by atoms with Crippen molar-refractivity contribution in [1.29, 1.82) is 0 Å². The summed E-state index contributed by atoms with van der Waals surface area (Å²) in [7, 11) is 0. The van der Waals surface area contributed by atoms with Crippen molar-refractivity contribution in [3.63, 3.8) is 0 Å². The van der Waals surface area contributed by atoms with Crippen LogP contribution in [0.3, 0.4) is 0 Å². The van der Waals surface area contributed by atoms with Crippen LogP contribution in [0, 0.1) is 0 Å². The minimum atomic E-state index is -0.0888. The zero-order valence-electron chi connectivity index (χ0n) is 15.5. The molecular formula is C22H22ClN3O2. The van der Waals surface area contributed by atoms with Gasteiger partial charge in [-0.3, -0.25) is 4.79 Å². The van der Waals surface area contributed by atoms with E-state index in [1.807, 2.05) is 48.5 Å². The quantitative estimate of drug-likeness (QED) is 0.681. The molecule has 1 aromatic heterocycles. The summed E-state index contributed by atoms with van der Waals surface area (Å²) in [5.41, 5.74) is 4.71. The molecule has 0 atom stereocenters. The average Bonchev–Trinajstić information content (AvgIpc) is 2.75. The average molecular weight is 396 g/mol. The molecule has 0 saturated carbocycles. The second-order valence-electron chi connectivity index (χ2n) is 6.72. The number of rotatable bonds is 5. The third-order valence-electron chi connectivity index (χ3n) is 4.88. The summed E-state index contributed by atoms with van der Waals surface area (Å²) in [5.74, 6) is 0. The van der Waals surface area contributed by atoms with Crippen LogP contribution in [0.5, 0.6) is 0 Å². The molecule has 2 N–H and O–H groups in total. The zero-order valence-corrected chi connectivity index (χ0v) is 16.2. The van der Waals surface area contributed by atoms with Crippen LogP contribution in [0.2, 0.25) is 5.02 Å². The number of H-pyrrole nitrogens is 1. The van der Waals surface area contributed by atoms with E-state index in [-0.39, 0.29) is 5.56 Å². The van der Waals surface area contributed by atoms with E-state index in [0.29, 0.717) is 17.1 Å². The van der Waals surface area contributed by atoms with E-state index in [2.05, 4.69) is 21.3 Å². The van der Waals surface area contributed by atoms with Gasteiger partial charge in [-0.1, -0.05) is 35.9 Å². The lowest BCUT2D eigenvalue weighted by molar-refractivity contribution is 0.123. The van der Waals surface area contributed by atoms with Crippen molar-refractivity contribution in [1.82, 2.24) is 4.98 Å². The highest BCUT2D eigenvalue weighted by Crippen LogP contribution is 2.27. The van der Waals surface area contributed by atoms with Gasteiger partial charge in [-0.15, -0.1) is 0 Å². The Bertz CT molecular complexity index is 995. The van der Waals surface area contributed by atoms with Gasteiger partial charge in [0.05, 0.1) is 24.6 Å². The van der Waals surface area contributed by atoms with E-state index in [4.69, 9.17) is 16.3 Å². The summed E-state index contributed by atoms with van der Waals surface area (Å²) in [6.45, 7) is 3.64. The van der Waals surface area contributed by atoms with E-state index >= 15 is 0 Å². The topological polar surface area (TPSA) is 57.4 Å². The highest BCUT2D eigenvalue weighted by atomic mass is 35.5. The second-order valence-corrected chi connectivity index (χ2v) is 7.16. The molecule has 0 amide bonds. The van der Waals surface area contributed by atoms with Crippen molar-refractivity contribution >= 4 is 23.0 Å². The molecule has 0 spiro atoms. The third kappa shape index (κ3) is 4.21. The Kier molecular flexibility index (Phi) is 5.65. The van der Waals surface area contributed by atoms with E-state index in [1.54, 1.807) is 6.20 Å². The maximum atomic E-state index is 12.3. The van der Waals surface area contributed by atoms with Gasteiger partial charge in [0.25, 0.3) is 5.56 Å². The molecule has 0 unspecified atom stereocenters. The molecule has 144 valence electrons. The van der Waals surface area contributed by atoms with Gasteiger partial charge >= 0.3 is 0 Å². The monoisotopic (exact) mass is 395 g/mol. The lowest BCUT2D eigenvalue weighted by atomic mass is 10.1. The molecule has 1 aliphatic heterocycles. The van der Waals surface area contributed by atoms with Gasteiger partial charge in [-0.05, 0) is 41.5 Å². The minimum absolute atomic E-state index is 0.0888. The molecular weight excluding hydrogens is 374 g/mol. The molecule has 1 aliphatic rings. The molecule has 2 heterocycles. The number of aromatic amines is 1. The fraction of sp³-hybridized carbons (Fsp3) is 0.227. The van der Waals surface area contributed by atoms with E-state index in [1.165, 1.54) is 0 Å². The summed E-state index contributed by atoms with van der Waals surface area (Å²) < 4.78 is 5.45. The minimum Gasteiger partial charge on any atom is -0.379 e. The van der Waals surface area contributed by atoms with Crippen molar-refractivity contribution in [2.24, 2.45) is 0 Å². The van der Waals surface area contributed by atoms with Gasteiger partial charge in [-0.25, -0.2) is 0 Å². The lowest BCUT2D eigenvalue weighted by Gasteiger charge is -2.30. The number of hydrogen-bond acceptors (Lipinski definition) is 4. The van der Waals surface area contributed by atoms with Gasteiger partial charge in [-0.2, -0.15) is 0 Å². The number of nitrogens with zero attached hydrogens (tertiary/aromatic N) is 1. The van der Waals surface area contributed by atoms with Crippen molar-refractivity contribution < 1.29 is 4.74 Å². The van der Waals surface area contributed by atoms with Crippen LogP contribution in [0.25, 0.3) is 11.1 Å². The van der Waals surface area contributed by atoms with Crippen LogP contribution in [-0.2, 0) is 11.3 Å². The number of nitrogens with one attached hydrogen (secondary N) is 2. The maximum Gasteiger partial charge on any atom is 0.252 e. The summed E-state index contributed by atoms with van der Waals surface area (Å²) in [6, 6.07) is 17.7. The van der Waals surface area contributed by atoms with Crippen LogP contribution in [0.15, 0.2) is 65.6 Å². The van der Waals surface area contributed by atoms with Crippen LogP contribution >= 0.6 is 11.6 Å². The predicted octanol–water partition coefficient (Wildman–Crippen LogP) is 4.14. The Morgan fingerprint density at radius 2 is 1.79 bits per heavy atom. The van der Waals surface area contributed by atoms with Crippen LogP contribution in [0.1, 0.15) is 5.56 Å². The predicted molar refractivity (Wildman–Crippen MR) is 114 cm³/mol. The van der Waals surface area contributed by atoms with Gasteiger partial charge in [0.15, 0.2) is 0 Å². The van der Waals surface area contributed by atoms with Crippen LogP contribution in [-0.4, -0.2) is 31.3 Å². The number of halogens is 1. The first kappa shape index (κ1) is 18.6. The second kappa shape index (κ2) is 8.50. The molecule has 1 saturated heterocycles. The van der Waals surface area contributed by atoms with Gasteiger partial charge in [0.1, 0.15) is 0 Å². The van der Waals surface area contributed by atoms with Gasteiger partial charge in [0, 0.05) is 36.4 Å². The molecule has 0 aliphatic carbocycles. The maximum absolute atomic E-state index is 12.3. The molecule has 0 bridgehead atoms. The Labute approximate surface area is 168 Å². The van der Waals surface area contributed by atoms with Crippen molar-refractivity contribution in [2.45, 2.75) is 6.54 Å². The molecule has 6 heteroatoms. The Morgan fingerprint density at radius 3 is 2.57 bits per heavy atom. The fourth-order valence-electron chi connectivity index (χ4n) is 3.36. The molecule has 1 fully saturated rings. The Hall–Kier alpha value is -2.76. The molecule has 2 aromatic carbocycles. The smallest absolute Gasteiger partial charge is 0.252 e. The molecule has 3 aromatic rings. The van der Waals surface area contributed by atoms with E-state index in [0.717, 1.165) is 48.8 Å². The number of para-hydroxylation sites is 2. The third-order valence-corrected chi connectivity index (χ3v) is 5.13. The number of anilines is 2. The summed E-state index contributed by atoms with van der Waals surface area (Å²) in [5, 5.41) is 4.12. The number of morpholine rings is 1. The molecule has 28 heavy (non-hydrogen) atoms. The number of aromatic nitrogens is 1. The number of hydrogen-bond donors (Lipinski definition) is 2. The lowest BCUT2D eigenvalue weighted by Crippen LogP contribution is -2.36. The summed E-state index contributed by atoms with van der Waals surface area (Å²) >= 11 is 5.97. The normalized spacial score (nSPS) is 14.1. The van der Waals surface area contributed by atoms with Crippen LogP contribution in [0.4, 0.5) is 11.4 Å². The Balaban J connectivity index is 1.55. The molecule has 0 radical (unpaired) electrons. The number of benzene rings is 2. The standard InChI is InChI=1S/C22H22ClN3O2/c23-19-7-5-16(6-8-19)17-13-18(22(27)25-14-17)15-24-20-3-1-2-4-21(20)26-9-11-28-12-10-26/h1-8,13-14,24H,9-12,15H2,(H,25,27). The first-order valence-corrected chi connectivity index (χ1v) is 9.72. The highest BCUT2D eigenvalue weighted by Gasteiger charge is 2.14. The molecule has 4 rings (SSSR count). The van der Waals surface area contributed by atoms with Crippen molar-refractivity contribution in [3.05, 3.63) is 81.7 Å².